The third-order valence-corrected chi connectivity index (χ3v) is 21.0. The first-order valence-electron chi connectivity index (χ1n) is 27.1. The maximum atomic E-state index is 15.5. The predicted molar refractivity (Wildman–Crippen MR) is 255 cm³/mol. The van der Waals surface area contributed by atoms with E-state index in [0.717, 1.165) is 25.7 Å². The van der Waals surface area contributed by atoms with Crippen LogP contribution in [0.2, 0.25) is 0 Å². The molecule has 0 amide bonds. The van der Waals surface area contributed by atoms with E-state index in [4.69, 9.17) is 37.9 Å². The molecule has 4 aliphatic heterocycles. The quantitative estimate of drug-likeness (QED) is 0.0755. The van der Waals surface area contributed by atoms with Crippen LogP contribution in [0.25, 0.3) is 0 Å². The average molecular weight is 1060 g/mol. The highest BCUT2D eigenvalue weighted by molar-refractivity contribution is 5.79. The second-order valence-corrected chi connectivity index (χ2v) is 25.8. The Kier molecular flexibility index (Phi) is 15.8. The number of carbonyl (C=O) groups excluding carboxylic acids is 1. The molecule has 74 heavy (non-hydrogen) atoms. The molecule has 9 rings (SSSR count). The van der Waals surface area contributed by atoms with Crippen molar-refractivity contribution in [2.24, 2.45) is 50.2 Å². The molecule has 5 aliphatic carbocycles. The van der Waals surface area contributed by atoms with Crippen molar-refractivity contribution >= 4 is 5.97 Å². The first-order chi connectivity index (χ1) is 34.6. The lowest BCUT2D eigenvalue weighted by molar-refractivity contribution is -0.366. The zero-order valence-corrected chi connectivity index (χ0v) is 44.1. The van der Waals surface area contributed by atoms with Crippen LogP contribution in [0.3, 0.4) is 0 Å². The molecule has 27 atom stereocenters. The Hall–Kier alpha value is -1.55. The van der Waals surface area contributed by atoms with Gasteiger partial charge in [0.25, 0.3) is 0 Å². The predicted octanol–water partition coefficient (Wildman–Crippen LogP) is -0.369. The molecule has 21 nitrogen and oxygen atoms in total. The number of aliphatic hydroxyl groups is 12. The van der Waals surface area contributed by atoms with E-state index in [1.54, 1.807) is 0 Å². The second-order valence-electron chi connectivity index (χ2n) is 25.8. The van der Waals surface area contributed by atoms with Gasteiger partial charge in [-0.15, -0.1) is 0 Å². The molecule has 0 bridgehead atoms. The standard InChI is InChI=1S/C53H86O21/c1-23-32(56)36(60)41(65)45(69-23)73-42-38(62)35(59)28(22-68-43-40(64)37(61)34(58)27(20-54)70-43)71-46(42)74-47(66)53-17-15-48(2,3)19-25(53)24-9-10-30-50(6)13-12-31(72-44-39(63)33(57)26(55)21-67-44)49(4,5)29(50)11-14-52(30,8)51(24,7)16-18-53/h9,23,25-46,54-65H,10-22H2,1-8H3. The molecular formula is C53H86O21. The summed E-state index contributed by atoms with van der Waals surface area (Å²) in [6, 6.07) is 0. The van der Waals surface area contributed by atoms with Crippen LogP contribution in [-0.2, 0) is 42.7 Å². The van der Waals surface area contributed by atoms with Crippen molar-refractivity contribution in [1.29, 1.82) is 0 Å². The number of fused-ring (bicyclic) bond motifs is 7. The number of ether oxygens (including phenoxy) is 8. The van der Waals surface area contributed by atoms with E-state index in [9.17, 15) is 61.3 Å². The number of hydrogen-bond donors (Lipinski definition) is 12. The van der Waals surface area contributed by atoms with Gasteiger partial charge < -0.3 is 99.2 Å². The van der Waals surface area contributed by atoms with Crippen LogP contribution < -0.4 is 0 Å². The van der Waals surface area contributed by atoms with Crippen molar-refractivity contribution in [2.75, 3.05) is 19.8 Å². The number of hydrogen-bond acceptors (Lipinski definition) is 21. The molecule has 0 aromatic rings. The van der Waals surface area contributed by atoms with Gasteiger partial charge >= 0.3 is 5.97 Å². The van der Waals surface area contributed by atoms with E-state index in [1.165, 1.54) is 12.5 Å². The molecule has 0 aromatic carbocycles. The van der Waals surface area contributed by atoms with Gasteiger partial charge in [0, 0.05) is 0 Å². The van der Waals surface area contributed by atoms with E-state index < -0.39 is 141 Å². The summed E-state index contributed by atoms with van der Waals surface area (Å²) in [7, 11) is 0. The summed E-state index contributed by atoms with van der Waals surface area (Å²) in [4.78, 5) is 15.5. The smallest absolute Gasteiger partial charge is 0.315 e. The molecule has 4 heterocycles. The third-order valence-electron chi connectivity index (χ3n) is 21.0. The van der Waals surface area contributed by atoms with Crippen molar-refractivity contribution in [3.63, 3.8) is 0 Å². The first kappa shape index (κ1) is 57.1. The lowest BCUT2D eigenvalue weighted by Gasteiger charge is -2.71. The monoisotopic (exact) mass is 1060 g/mol. The number of allylic oxidation sites excluding steroid dienone is 2. The molecule has 0 aromatic heterocycles. The van der Waals surface area contributed by atoms with Gasteiger partial charge in [-0.05, 0) is 116 Å². The minimum absolute atomic E-state index is 0.105. The van der Waals surface area contributed by atoms with E-state index in [2.05, 4.69) is 54.5 Å². The molecule has 424 valence electrons. The van der Waals surface area contributed by atoms with Crippen LogP contribution in [-0.4, -0.2) is 210 Å². The Labute approximate surface area is 433 Å². The number of esters is 1. The van der Waals surface area contributed by atoms with E-state index in [-0.39, 0.29) is 57.5 Å². The van der Waals surface area contributed by atoms with Crippen molar-refractivity contribution in [2.45, 2.75) is 242 Å². The fourth-order valence-corrected chi connectivity index (χ4v) is 16.1. The van der Waals surface area contributed by atoms with Gasteiger partial charge in [-0.1, -0.05) is 60.1 Å². The Bertz CT molecular complexity index is 2040. The van der Waals surface area contributed by atoms with Gasteiger partial charge in [0.2, 0.25) is 6.29 Å². The van der Waals surface area contributed by atoms with E-state index >= 15 is 4.79 Å². The average Bonchev–Trinajstić information content (AvgIpc) is 3.35. The highest BCUT2D eigenvalue weighted by Gasteiger charge is 2.70. The van der Waals surface area contributed by atoms with Crippen molar-refractivity contribution < 1.29 is 104 Å². The summed E-state index contributed by atoms with van der Waals surface area (Å²) in [6.45, 7) is 16.1. The number of carbonyl (C=O) groups is 1. The summed E-state index contributed by atoms with van der Waals surface area (Å²) in [5.74, 6) is -0.351. The molecule has 8 fully saturated rings. The van der Waals surface area contributed by atoms with Crippen LogP contribution in [0.5, 0.6) is 0 Å². The Morgan fingerprint density at radius 2 is 1.27 bits per heavy atom. The minimum Gasteiger partial charge on any atom is -0.432 e. The Morgan fingerprint density at radius 1 is 0.635 bits per heavy atom. The van der Waals surface area contributed by atoms with Crippen molar-refractivity contribution in [3.05, 3.63) is 11.6 Å². The molecular weight excluding hydrogens is 973 g/mol. The Balaban J connectivity index is 0.988. The molecule has 9 aliphatic rings. The van der Waals surface area contributed by atoms with Crippen LogP contribution in [0.15, 0.2) is 11.6 Å². The van der Waals surface area contributed by atoms with Gasteiger partial charge in [-0.3, -0.25) is 4.79 Å². The normalized spacial score (nSPS) is 54.1. The van der Waals surface area contributed by atoms with Gasteiger partial charge in [-0.2, -0.15) is 0 Å². The maximum Gasteiger partial charge on any atom is 0.315 e. The third kappa shape index (κ3) is 9.27. The van der Waals surface area contributed by atoms with E-state index in [0.29, 0.717) is 38.5 Å². The Morgan fingerprint density at radius 3 is 1.97 bits per heavy atom. The van der Waals surface area contributed by atoms with Crippen LogP contribution in [0.1, 0.15) is 120 Å². The molecule has 12 N–H and O–H groups in total. The van der Waals surface area contributed by atoms with Crippen LogP contribution in [0, 0.1) is 50.2 Å². The lowest BCUT2D eigenvalue weighted by atomic mass is 9.33. The topological polar surface area (TPSA) is 334 Å². The van der Waals surface area contributed by atoms with Gasteiger partial charge in [0.05, 0.1) is 37.4 Å². The zero-order chi connectivity index (χ0) is 54.0. The summed E-state index contributed by atoms with van der Waals surface area (Å²) < 4.78 is 48.0. The summed E-state index contributed by atoms with van der Waals surface area (Å²) in [6.07, 6.45) is -20.4. The van der Waals surface area contributed by atoms with Gasteiger partial charge in [0.15, 0.2) is 25.0 Å². The van der Waals surface area contributed by atoms with Crippen molar-refractivity contribution in [1.82, 2.24) is 0 Å². The molecule has 4 saturated carbocycles. The SMILES string of the molecule is CC1OC(OC2C(OC(=O)C34CCC(C)(C)CC3C3=CCC5C6(C)CCC(OC7OCC(O)C(O)C7O)C(C)(C)C6CCC5(C)C3(C)CC4)OC(COC3OC(CO)C(O)C(O)C3O)C(O)C2O)C(O)C(O)C1O. The van der Waals surface area contributed by atoms with Crippen LogP contribution >= 0.6 is 0 Å². The van der Waals surface area contributed by atoms with Crippen LogP contribution in [0.4, 0.5) is 0 Å². The largest absolute Gasteiger partial charge is 0.432 e. The molecule has 4 saturated heterocycles. The van der Waals surface area contributed by atoms with Gasteiger partial charge in [-0.25, -0.2) is 0 Å². The van der Waals surface area contributed by atoms with Gasteiger partial charge in [0.1, 0.15) is 79.4 Å². The number of rotatable bonds is 10. The molecule has 21 heteroatoms. The van der Waals surface area contributed by atoms with Crippen molar-refractivity contribution in [3.8, 4) is 0 Å². The summed E-state index contributed by atoms with van der Waals surface area (Å²) >= 11 is 0. The fraction of sp³-hybridized carbons (Fsp3) is 0.943. The van der Waals surface area contributed by atoms with E-state index in [1.807, 2.05) is 0 Å². The fourth-order valence-electron chi connectivity index (χ4n) is 16.1. The maximum absolute atomic E-state index is 15.5. The lowest BCUT2D eigenvalue weighted by Crippen LogP contribution is -2.66. The molecule has 27 unspecified atom stereocenters. The first-order valence-corrected chi connectivity index (χ1v) is 27.1. The highest BCUT2D eigenvalue weighted by atomic mass is 16.8. The summed E-state index contributed by atoms with van der Waals surface area (Å²) in [5.41, 5.74) is -0.928. The zero-order valence-electron chi connectivity index (χ0n) is 44.1. The molecule has 0 spiro atoms. The number of aliphatic hydroxyl groups excluding tert-OH is 12. The highest BCUT2D eigenvalue weighted by Crippen LogP contribution is 2.76. The minimum atomic E-state index is -1.91. The summed E-state index contributed by atoms with van der Waals surface area (Å²) in [5, 5.41) is 128. The molecule has 0 radical (unpaired) electrons. The second kappa shape index (κ2) is 20.5.